The minimum atomic E-state index is 0.355. The second-order valence-electron chi connectivity index (χ2n) is 4.91. The first-order chi connectivity index (χ1) is 8.43. The van der Waals surface area contributed by atoms with Crippen molar-refractivity contribution in [1.29, 1.82) is 0 Å². The molecule has 17 heavy (non-hydrogen) atoms. The van der Waals surface area contributed by atoms with Gasteiger partial charge in [-0.1, -0.05) is 25.0 Å². The Hall–Kier alpha value is -1.22. The Morgan fingerprint density at radius 3 is 3.06 bits per heavy atom. The van der Waals surface area contributed by atoms with Crippen LogP contribution in [0.1, 0.15) is 31.2 Å². The summed E-state index contributed by atoms with van der Waals surface area (Å²) in [6.07, 6.45) is 5.59. The average Bonchev–Trinajstić information content (AvgIpc) is 3.04. The Morgan fingerprint density at radius 2 is 2.18 bits per heavy atom. The van der Waals surface area contributed by atoms with Crippen molar-refractivity contribution in [2.45, 2.75) is 32.2 Å². The molecule has 0 saturated heterocycles. The van der Waals surface area contributed by atoms with E-state index in [1.165, 1.54) is 31.2 Å². The van der Waals surface area contributed by atoms with Crippen molar-refractivity contribution >= 4 is 0 Å². The van der Waals surface area contributed by atoms with Crippen molar-refractivity contribution < 1.29 is 9.47 Å². The Labute approximate surface area is 102 Å². The Balaban J connectivity index is 1.46. The molecule has 1 saturated carbocycles. The lowest BCUT2D eigenvalue weighted by atomic mass is 10.1. The van der Waals surface area contributed by atoms with Crippen LogP contribution in [0.3, 0.4) is 0 Å². The van der Waals surface area contributed by atoms with Crippen LogP contribution in [-0.4, -0.2) is 13.3 Å². The highest BCUT2D eigenvalue weighted by molar-refractivity contribution is 5.48. The Kier molecular flexibility index (Phi) is 3.18. The smallest absolute Gasteiger partial charge is 0.231 e. The number of ether oxygens (including phenoxy) is 2. The van der Waals surface area contributed by atoms with Crippen molar-refractivity contribution in [1.82, 2.24) is 5.32 Å². The third-order valence-electron chi connectivity index (χ3n) is 3.46. The zero-order valence-electron chi connectivity index (χ0n) is 10.1. The third kappa shape index (κ3) is 2.72. The molecule has 0 bridgehead atoms. The fraction of sp³-hybridized carbons (Fsp3) is 0.571. The maximum Gasteiger partial charge on any atom is 0.231 e. The lowest BCUT2D eigenvalue weighted by Gasteiger charge is -2.07. The monoisotopic (exact) mass is 233 g/mol. The van der Waals surface area contributed by atoms with E-state index in [1.807, 2.05) is 12.1 Å². The molecule has 1 aromatic carbocycles. The molecule has 1 aliphatic carbocycles. The van der Waals surface area contributed by atoms with Crippen LogP contribution in [0, 0.1) is 5.92 Å². The van der Waals surface area contributed by atoms with Crippen molar-refractivity contribution in [3.05, 3.63) is 23.8 Å². The second-order valence-corrected chi connectivity index (χ2v) is 4.91. The van der Waals surface area contributed by atoms with Crippen molar-refractivity contribution in [2.24, 2.45) is 5.92 Å². The first kappa shape index (κ1) is 10.9. The maximum atomic E-state index is 5.47. The molecule has 1 heterocycles. The van der Waals surface area contributed by atoms with Gasteiger partial charge in [-0.25, -0.2) is 0 Å². The predicted molar refractivity (Wildman–Crippen MR) is 66.2 cm³/mol. The van der Waals surface area contributed by atoms with Gasteiger partial charge in [0.2, 0.25) is 6.79 Å². The van der Waals surface area contributed by atoms with Gasteiger partial charge in [0.15, 0.2) is 11.5 Å². The van der Waals surface area contributed by atoms with Gasteiger partial charge < -0.3 is 14.8 Å². The molecule has 0 amide bonds. The molecule has 3 nitrogen and oxygen atoms in total. The fourth-order valence-electron chi connectivity index (χ4n) is 2.28. The zero-order chi connectivity index (χ0) is 11.5. The van der Waals surface area contributed by atoms with Gasteiger partial charge in [0.1, 0.15) is 0 Å². The van der Waals surface area contributed by atoms with Crippen LogP contribution in [-0.2, 0) is 6.54 Å². The molecule has 0 radical (unpaired) electrons. The largest absolute Gasteiger partial charge is 0.454 e. The molecule has 3 heteroatoms. The number of fused-ring (bicyclic) bond motifs is 1. The van der Waals surface area contributed by atoms with Crippen molar-refractivity contribution in [3.8, 4) is 11.5 Å². The van der Waals surface area contributed by atoms with E-state index in [0.29, 0.717) is 6.79 Å². The standard InChI is InChI=1S/C14H19NO2/c1-4-12(14-13(5-1)16-10-17-14)9-15-8-2-3-11-6-7-11/h1,4-5,11,15H,2-3,6-10H2. The Bertz CT molecular complexity index is 388. The molecule has 1 aromatic rings. The number of benzene rings is 1. The minimum Gasteiger partial charge on any atom is -0.454 e. The average molecular weight is 233 g/mol. The van der Waals surface area contributed by atoms with E-state index in [4.69, 9.17) is 9.47 Å². The van der Waals surface area contributed by atoms with E-state index in [1.54, 1.807) is 0 Å². The van der Waals surface area contributed by atoms with E-state index < -0.39 is 0 Å². The van der Waals surface area contributed by atoms with Gasteiger partial charge in [-0.3, -0.25) is 0 Å². The molecule has 92 valence electrons. The minimum absolute atomic E-state index is 0.355. The topological polar surface area (TPSA) is 30.5 Å². The van der Waals surface area contributed by atoms with Crippen LogP contribution in [0.25, 0.3) is 0 Å². The molecule has 1 aliphatic heterocycles. The van der Waals surface area contributed by atoms with Gasteiger partial charge in [-0.05, 0) is 31.4 Å². The summed E-state index contributed by atoms with van der Waals surface area (Å²) in [4.78, 5) is 0. The SMILES string of the molecule is c1cc(CNCCCC2CC2)c2c(c1)OCO2. The van der Waals surface area contributed by atoms with Gasteiger partial charge in [-0.2, -0.15) is 0 Å². The number of rotatable bonds is 6. The molecule has 0 atom stereocenters. The van der Waals surface area contributed by atoms with Crippen LogP contribution in [0.4, 0.5) is 0 Å². The third-order valence-corrected chi connectivity index (χ3v) is 3.46. The summed E-state index contributed by atoms with van der Waals surface area (Å²) in [5.41, 5.74) is 1.20. The van der Waals surface area contributed by atoms with Crippen LogP contribution in [0.2, 0.25) is 0 Å². The number of hydrogen-bond donors (Lipinski definition) is 1. The summed E-state index contributed by atoms with van der Waals surface area (Å²) in [7, 11) is 0. The molecule has 1 fully saturated rings. The van der Waals surface area contributed by atoms with Crippen LogP contribution >= 0.6 is 0 Å². The van der Waals surface area contributed by atoms with Gasteiger partial charge in [0.25, 0.3) is 0 Å². The van der Waals surface area contributed by atoms with Crippen LogP contribution < -0.4 is 14.8 Å². The summed E-state index contributed by atoms with van der Waals surface area (Å²) in [6.45, 7) is 2.33. The highest BCUT2D eigenvalue weighted by Gasteiger charge is 2.20. The molecule has 0 aromatic heterocycles. The van der Waals surface area contributed by atoms with Gasteiger partial charge >= 0.3 is 0 Å². The highest BCUT2D eigenvalue weighted by atomic mass is 16.7. The molecule has 0 unspecified atom stereocenters. The van der Waals surface area contributed by atoms with Gasteiger partial charge in [0, 0.05) is 12.1 Å². The van der Waals surface area contributed by atoms with E-state index in [9.17, 15) is 0 Å². The summed E-state index contributed by atoms with van der Waals surface area (Å²) in [5.74, 6) is 2.83. The van der Waals surface area contributed by atoms with E-state index in [0.717, 1.165) is 30.5 Å². The van der Waals surface area contributed by atoms with E-state index in [2.05, 4.69) is 11.4 Å². The quantitative estimate of drug-likeness (QED) is 0.766. The normalized spacial score (nSPS) is 17.4. The molecule has 1 N–H and O–H groups in total. The molecule has 0 spiro atoms. The summed E-state index contributed by atoms with van der Waals surface area (Å²) in [6, 6.07) is 6.08. The van der Waals surface area contributed by atoms with E-state index >= 15 is 0 Å². The summed E-state index contributed by atoms with van der Waals surface area (Å²) >= 11 is 0. The summed E-state index contributed by atoms with van der Waals surface area (Å²) in [5, 5.41) is 3.48. The van der Waals surface area contributed by atoms with Crippen molar-refractivity contribution in [2.75, 3.05) is 13.3 Å². The van der Waals surface area contributed by atoms with E-state index in [-0.39, 0.29) is 0 Å². The first-order valence-electron chi connectivity index (χ1n) is 6.52. The highest BCUT2D eigenvalue weighted by Crippen LogP contribution is 2.35. The maximum absolute atomic E-state index is 5.47. The van der Waals surface area contributed by atoms with Crippen LogP contribution in [0.5, 0.6) is 11.5 Å². The number of nitrogens with one attached hydrogen (secondary N) is 1. The molecule has 2 aliphatic rings. The van der Waals surface area contributed by atoms with Crippen LogP contribution in [0.15, 0.2) is 18.2 Å². The van der Waals surface area contributed by atoms with Gasteiger partial charge in [0.05, 0.1) is 0 Å². The number of hydrogen-bond acceptors (Lipinski definition) is 3. The Morgan fingerprint density at radius 1 is 1.24 bits per heavy atom. The summed E-state index contributed by atoms with van der Waals surface area (Å²) < 4.78 is 10.8. The molecular weight excluding hydrogens is 214 g/mol. The lowest BCUT2D eigenvalue weighted by Crippen LogP contribution is -2.15. The fourth-order valence-corrected chi connectivity index (χ4v) is 2.28. The predicted octanol–water partition coefficient (Wildman–Crippen LogP) is 2.70. The lowest BCUT2D eigenvalue weighted by molar-refractivity contribution is 0.173. The zero-order valence-corrected chi connectivity index (χ0v) is 10.1. The molecular formula is C14H19NO2. The molecule has 3 rings (SSSR count). The number of para-hydroxylation sites is 1. The van der Waals surface area contributed by atoms with Gasteiger partial charge in [-0.15, -0.1) is 0 Å². The second kappa shape index (κ2) is 4.96. The first-order valence-corrected chi connectivity index (χ1v) is 6.52. The van der Waals surface area contributed by atoms with Crippen molar-refractivity contribution in [3.63, 3.8) is 0 Å².